The van der Waals surface area contributed by atoms with Gasteiger partial charge in [0, 0.05) is 10.0 Å². The van der Waals surface area contributed by atoms with Crippen molar-refractivity contribution < 1.29 is 22.8 Å². The summed E-state index contributed by atoms with van der Waals surface area (Å²) in [5.41, 5.74) is -0.511. The number of amides is 1. The van der Waals surface area contributed by atoms with Gasteiger partial charge in [0.15, 0.2) is 5.69 Å². The number of rotatable bonds is 7. The highest BCUT2D eigenvalue weighted by molar-refractivity contribution is 6.30. The minimum Gasteiger partial charge on any atom is -0.390 e. The normalized spacial score (nSPS) is 12.6. The molecular weight excluding hydrogens is 516 g/mol. The van der Waals surface area contributed by atoms with Gasteiger partial charge in [-0.1, -0.05) is 64.8 Å². The standard InChI is InChI=1S/C25H17Cl2F3N4O2/c26-17-9-5-15(6-10-17)13-36-32-14-31-24(35)21(16-7-11-18(27)12-8-16)22-23(25(28,29)30)34-20-4-2-1-3-19(20)33-22/h1-12,14,21H,13H2,(H,31,32,35). The first-order valence-electron chi connectivity index (χ1n) is 10.5. The molecule has 11 heteroatoms. The maximum atomic E-state index is 14.0. The zero-order valence-electron chi connectivity index (χ0n) is 18.3. The van der Waals surface area contributed by atoms with E-state index in [1.807, 2.05) is 0 Å². The fraction of sp³-hybridized carbons (Fsp3) is 0.120. The number of hydrogen-bond donors (Lipinski definition) is 1. The second-order valence-corrected chi connectivity index (χ2v) is 8.44. The molecule has 0 fully saturated rings. The van der Waals surface area contributed by atoms with Crippen molar-refractivity contribution in [3.63, 3.8) is 0 Å². The van der Waals surface area contributed by atoms with E-state index >= 15 is 0 Å². The van der Waals surface area contributed by atoms with Gasteiger partial charge >= 0.3 is 6.18 Å². The average Bonchev–Trinajstić information content (AvgIpc) is 2.85. The van der Waals surface area contributed by atoms with Crippen molar-refractivity contribution in [3.05, 3.63) is 105 Å². The summed E-state index contributed by atoms with van der Waals surface area (Å²) in [6, 6.07) is 18.8. The van der Waals surface area contributed by atoms with Crippen LogP contribution >= 0.6 is 23.2 Å². The third-order valence-electron chi connectivity index (χ3n) is 5.08. The highest BCUT2D eigenvalue weighted by atomic mass is 35.5. The number of alkyl halides is 3. The number of halogens is 5. The smallest absolute Gasteiger partial charge is 0.390 e. The Labute approximate surface area is 213 Å². The molecule has 1 atom stereocenters. The third-order valence-corrected chi connectivity index (χ3v) is 5.59. The van der Waals surface area contributed by atoms with Crippen molar-refractivity contribution in [3.8, 4) is 0 Å². The van der Waals surface area contributed by atoms with Gasteiger partial charge in [0.05, 0.1) is 16.7 Å². The molecular formula is C25H17Cl2F3N4O2. The summed E-state index contributed by atoms with van der Waals surface area (Å²) in [6.45, 7) is 0.0958. The molecule has 3 aromatic carbocycles. The lowest BCUT2D eigenvalue weighted by Crippen LogP contribution is -2.31. The van der Waals surface area contributed by atoms with Gasteiger partial charge in [0.1, 0.15) is 18.9 Å². The molecule has 0 aliphatic rings. The van der Waals surface area contributed by atoms with E-state index in [1.165, 1.54) is 36.4 Å². The Morgan fingerprint density at radius 1 is 0.944 bits per heavy atom. The molecule has 0 saturated heterocycles. The summed E-state index contributed by atoms with van der Waals surface area (Å²) in [6.07, 6.45) is -3.89. The molecule has 0 aliphatic carbocycles. The van der Waals surface area contributed by atoms with Gasteiger partial charge in [0.2, 0.25) is 5.91 Å². The van der Waals surface area contributed by atoms with Crippen molar-refractivity contribution in [1.82, 2.24) is 15.3 Å². The quantitative estimate of drug-likeness (QED) is 0.170. The van der Waals surface area contributed by atoms with Gasteiger partial charge in [-0.2, -0.15) is 13.2 Å². The van der Waals surface area contributed by atoms with Gasteiger partial charge in [0.25, 0.3) is 0 Å². The van der Waals surface area contributed by atoms with Crippen molar-refractivity contribution in [2.24, 2.45) is 5.16 Å². The van der Waals surface area contributed by atoms with Crippen LogP contribution in [0.15, 0.2) is 78.0 Å². The molecule has 1 aromatic heterocycles. The molecule has 1 unspecified atom stereocenters. The Morgan fingerprint density at radius 2 is 1.53 bits per heavy atom. The summed E-state index contributed by atoms with van der Waals surface area (Å²) < 4.78 is 42.0. The van der Waals surface area contributed by atoms with Crippen LogP contribution in [-0.2, 0) is 22.4 Å². The van der Waals surface area contributed by atoms with Crippen LogP contribution in [0.1, 0.15) is 28.4 Å². The number of fused-ring (bicyclic) bond motifs is 1. The lowest BCUT2D eigenvalue weighted by molar-refractivity contribution is -0.142. The van der Waals surface area contributed by atoms with E-state index in [1.54, 1.807) is 36.4 Å². The van der Waals surface area contributed by atoms with E-state index in [0.29, 0.717) is 10.0 Å². The lowest BCUT2D eigenvalue weighted by atomic mass is 9.92. The van der Waals surface area contributed by atoms with Crippen LogP contribution in [0.3, 0.4) is 0 Å². The number of carbonyl (C=O) groups excluding carboxylic acids is 1. The Morgan fingerprint density at radius 3 is 2.14 bits per heavy atom. The molecule has 1 heterocycles. The first-order valence-corrected chi connectivity index (χ1v) is 11.3. The molecule has 4 rings (SSSR count). The van der Waals surface area contributed by atoms with Gasteiger partial charge in [-0.15, -0.1) is 0 Å². The molecule has 6 nitrogen and oxygen atoms in total. The predicted octanol–water partition coefficient (Wildman–Crippen LogP) is 6.36. The van der Waals surface area contributed by atoms with E-state index in [0.717, 1.165) is 11.9 Å². The van der Waals surface area contributed by atoms with Crippen molar-refractivity contribution in [2.45, 2.75) is 18.7 Å². The number of nitrogens with zero attached hydrogens (tertiary/aromatic N) is 3. The minimum atomic E-state index is -4.85. The molecule has 0 radical (unpaired) electrons. The SMILES string of the molecule is O=C(N/C=N/OCc1ccc(Cl)cc1)C(c1ccc(Cl)cc1)c1nc2ccccc2nc1C(F)(F)F. The Bertz CT molecular complexity index is 1400. The molecule has 1 amide bonds. The minimum absolute atomic E-state index is 0.0565. The fourth-order valence-electron chi connectivity index (χ4n) is 3.42. The first-order chi connectivity index (χ1) is 17.2. The number of aromatic nitrogens is 2. The summed E-state index contributed by atoms with van der Waals surface area (Å²) in [7, 11) is 0. The summed E-state index contributed by atoms with van der Waals surface area (Å²) >= 11 is 11.8. The summed E-state index contributed by atoms with van der Waals surface area (Å²) in [5, 5.41) is 6.96. The van der Waals surface area contributed by atoms with Crippen LogP contribution in [0.2, 0.25) is 10.0 Å². The van der Waals surface area contributed by atoms with Gasteiger partial charge in [-0.3, -0.25) is 4.79 Å². The third kappa shape index (κ3) is 6.10. The monoisotopic (exact) mass is 532 g/mol. The summed E-state index contributed by atoms with van der Waals surface area (Å²) in [4.78, 5) is 26.3. The number of para-hydroxylation sites is 2. The van der Waals surface area contributed by atoms with Crippen LogP contribution in [-0.4, -0.2) is 22.2 Å². The van der Waals surface area contributed by atoms with Crippen LogP contribution in [0.25, 0.3) is 11.0 Å². The number of hydrogen-bond acceptors (Lipinski definition) is 5. The second-order valence-electron chi connectivity index (χ2n) is 7.57. The van der Waals surface area contributed by atoms with Gasteiger partial charge in [-0.05, 0) is 47.5 Å². The second kappa shape index (κ2) is 10.9. The first kappa shape index (κ1) is 25.4. The molecule has 0 aliphatic heterocycles. The van der Waals surface area contributed by atoms with E-state index < -0.39 is 29.4 Å². The molecule has 1 N–H and O–H groups in total. The van der Waals surface area contributed by atoms with E-state index in [4.69, 9.17) is 28.0 Å². The maximum Gasteiger partial charge on any atom is 0.435 e. The van der Waals surface area contributed by atoms with Crippen LogP contribution < -0.4 is 5.32 Å². The van der Waals surface area contributed by atoms with Crippen molar-refractivity contribution in [2.75, 3.05) is 0 Å². The van der Waals surface area contributed by atoms with Gasteiger partial charge in [-0.25, -0.2) is 9.97 Å². The molecule has 4 aromatic rings. The molecule has 0 bridgehead atoms. The number of carbonyl (C=O) groups is 1. The van der Waals surface area contributed by atoms with Crippen LogP contribution in [0.5, 0.6) is 0 Å². The highest BCUT2D eigenvalue weighted by Crippen LogP contribution is 2.37. The maximum absolute atomic E-state index is 14.0. The van der Waals surface area contributed by atoms with Gasteiger partial charge < -0.3 is 10.2 Å². The van der Waals surface area contributed by atoms with Crippen LogP contribution in [0, 0.1) is 0 Å². The average molecular weight is 533 g/mol. The van der Waals surface area contributed by atoms with E-state index in [2.05, 4.69) is 20.4 Å². The Balaban J connectivity index is 1.64. The fourth-order valence-corrected chi connectivity index (χ4v) is 3.67. The van der Waals surface area contributed by atoms with Crippen molar-refractivity contribution >= 4 is 46.5 Å². The molecule has 0 saturated carbocycles. The van der Waals surface area contributed by atoms with Crippen molar-refractivity contribution in [1.29, 1.82) is 0 Å². The topological polar surface area (TPSA) is 76.5 Å². The number of benzene rings is 3. The lowest BCUT2D eigenvalue weighted by Gasteiger charge is -2.20. The zero-order valence-corrected chi connectivity index (χ0v) is 19.8. The predicted molar refractivity (Wildman–Crippen MR) is 131 cm³/mol. The highest BCUT2D eigenvalue weighted by Gasteiger charge is 2.41. The molecule has 36 heavy (non-hydrogen) atoms. The number of oxime groups is 1. The Hall–Kier alpha value is -3.69. The largest absolute Gasteiger partial charge is 0.435 e. The van der Waals surface area contributed by atoms with E-state index in [-0.39, 0.29) is 23.2 Å². The molecule has 184 valence electrons. The number of nitrogens with one attached hydrogen (secondary N) is 1. The van der Waals surface area contributed by atoms with E-state index in [9.17, 15) is 18.0 Å². The zero-order chi connectivity index (χ0) is 25.7. The summed E-state index contributed by atoms with van der Waals surface area (Å²) in [5.74, 6) is -2.27. The molecule has 0 spiro atoms. The van der Waals surface area contributed by atoms with Crippen LogP contribution in [0.4, 0.5) is 13.2 Å². The Kier molecular flexibility index (Phi) is 7.71.